The Balaban J connectivity index is 1.54. The third-order valence-electron chi connectivity index (χ3n) is 4.34. The summed E-state index contributed by atoms with van der Waals surface area (Å²) in [4.78, 5) is 12.1. The summed E-state index contributed by atoms with van der Waals surface area (Å²) in [5, 5.41) is 12.7. The highest BCUT2D eigenvalue weighted by molar-refractivity contribution is 7.99. The number of aryl methyl sites for hydroxylation is 1. The Morgan fingerprint density at radius 2 is 2.00 bits per heavy atom. The van der Waals surface area contributed by atoms with E-state index in [1.165, 1.54) is 11.8 Å². The van der Waals surface area contributed by atoms with Gasteiger partial charge in [0.15, 0.2) is 17.1 Å². The van der Waals surface area contributed by atoms with Crippen molar-refractivity contribution in [3.63, 3.8) is 0 Å². The lowest BCUT2D eigenvalue weighted by Gasteiger charge is -2.15. The Bertz CT molecular complexity index is 978. The third kappa shape index (κ3) is 5.74. The predicted octanol–water partition coefficient (Wildman–Crippen LogP) is 4.33. The maximum absolute atomic E-state index is 12.1. The van der Waals surface area contributed by atoms with E-state index in [0.717, 1.165) is 16.9 Å². The predicted molar refractivity (Wildman–Crippen MR) is 115 cm³/mol. The maximum atomic E-state index is 12.1. The lowest BCUT2D eigenvalue weighted by Crippen LogP contribution is -2.24. The van der Waals surface area contributed by atoms with Gasteiger partial charge in [0, 0.05) is 18.6 Å². The molecule has 1 atom stereocenters. The molecule has 0 fully saturated rings. The summed E-state index contributed by atoms with van der Waals surface area (Å²) in [6.45, 7) is 4.35. The SMILES string of the molecule is Cc1cc(OC(C)c2nnc(SCC(=O)NCc3ccccc3)n2C)ccc1Cl. The smallest absolute Gasteiger partial charge is 0.230 e. The Morgan fingerprint density at radius 1 is 1.24 bits per heavy atom. The van der Waals surface area contributed by atoms with Crippen molar-refractivity contribution in [3.8, 4) is 5.75 Å². The molecule has 152 valence electrons. The summed E-state index contributed by atoms with van der Waals surface area (Å²) in [6.07, 6.45) is -0.297. The first-order valence-corrected chi connectivity index (χ1v) is 10.6. The molecular weight excluding hydrogens is 408 g/mol. The molecule has 1 aromatic heterocycles. The number of thioether (sulfide) groups is 1. The molecule has 3 aromatic rings. The molecule has 0 aliphatic heterocycles. The molecule has 1 unspecified atom stereocenters. The molecule has 0 saturated heterocycles. The van der Waals surface area contributed by atoms with Crippen molar-refractivity contribution in [1.82, 2.24) is 20.1 Å². The van der Waals surface area contributed by atoms with Gasteiger partial charge in [-0.15, -0.1) is 10.2 Å². The summed E-state index contributed by atoms with van der Waals surface area (Å²) in [6, 6.07) is 15.3. The number of hydrogen-bond donors (Lipinski definition) is 1. The van der Waals surface area contributed by atoms with E-state index in [9.17, 15) is 4.79 Å². The molecule has 0 spiro atoms. The van der Waals surface area contributed by atoms with E-state index in [1.54, 1.807) is 0 Å². The molecule has 0 aliphatic carbocycles. The first kappa shape index (κ1) is 21.2. The van der Waals surface area contributed by atoms with E-state index in [2.05, 4.69) is 15.5 Å². The quantitative estimate of drug-likeness (QED) is 0.539. The number of nitrogens with zero attached hydrogens (tertiary/aromatic N) is 3. The summed E-state index contributed by atoms with van der Waals surface area (Å²) in [5.41, 5.74) is 2.02. The van der Waals surface area contributed by atoms with Crippen LogP contribution in [-0.4, -0.2) is 26.4 Å². The fourth-order valence-electron chi connectivity index (χ4n) is 2.73. The highest BCUT2D eigenvalue weighted by Crippen LogP contribution is 2.26. The van der Waals surface area contributed by atoms with E-state index < -0.39 is 0 Å². The lowest BCUT2D eigenvalue weighted by atomic mass is 10.2. The Morgan fingerprint density at radius 3 is 2.72 bits per heavy atom. The first-order chi connectivity index (χ1) is 13.9. The van der Waals surface area contributed by atoms with E-state index in [0.29, 0.717) is 22.5 Å². The van der Waals surface area contributed by atoms with Gasteiger partial charge < -0.3 is 14.6 Å². The maximum Gasteiger partial charge on any atom is 0.230 e. The van der Waals surface area contributed by atoms with E-state index in [1.807, 2.05) is 74.0 Å². The Labute approximate surface area is 179 Å². The molecule has 0 saturated carbocycles. The molecule has 8 heteroatoms. The summed E-state index contributed by atoms with van der Waals surface area (Å²) >= 11 is 7.41. The van der Waals surface area contributed by atoms with Gasteiger partial charge in [0.1, 0.15) is 5.75 Å². The second-order valence-corrected chi connectivity index (χ2v) is 7.97. The molecule has 1 heterocycles. The number of carbonyl (C=O) groups is 1. The third-order valence-corrected chi connectivity index (χ3v) is 5.78. The average Bonchev–Trinajstić information content (AvgIpc) is 3.09. The standard InChI is InChI=1S/C21H23ClN4O2S/c1-14-11-17(9-10-18(14)22)28-15(2)20-24-25-21(26(20)3)29-13-19(27)23-12-16-7-5-4-6-8-16/h4-11,15H,12-13H2,1-3H3,(H,23,27). The minimum absolute atomic E-state index is 0.0515. The van der Waals surface area contributed by atoms with Crippen LogP contribution in [0.3, 0.4) is 0 Å². The zero-order valence-corrected chi connectivity index (χ0v) is 18.1. The molecule has 3 rings (SSSR count). The summed E-state index contributed by atoms with van der Waals surface area (Å²) in [5.74, 6) is 1.62. The van der Waals surface area contributed by atoms with Gasteiger partial charge in [-0.3, -0.25) is 4.79 Å². The van der Waals surface area contributed by atoms with Crippen LogP contribution in [0.25, 0.3) is 0 Å². The van der Waals surface area contributed by atoms with E-state index >= 15 is 0 Å². The second kappa shape index (κ2) is 9.80. The number of benzene rings is 2. The lowest BCUT2D eigenvalue weighted by molar-refractivity contribution is -0.118. The van der Waals surface area contributed by atoms with E-state index in [4.69, 9.17) is 16.3 Å². The average molecular weight is 431 g/mol. The Hall–Kier alpha value is -2.51. The van der Waals surface area contributed by atoms with Crippen LogP contribution < -0.4 is 10.1 Å². The first-order valence-electron chi connectivity index (χ1n) is 9.19. The van der Waals surface area contributed by atoms with Crippen LogP contribution in [0.2, 0.25) is 5.02 Å². The van der Waals surface area contributed by atoms with Gasteiger partial charge in [-0.2, -0.15) is 0 Å². The molecular formula is C21H23ClN4O2S. The molecule has 6 nitrogen and oxygen atoms in total. The fourth-order valence-corrected chi connectivity index (χ4v) is 3.60. The normalized spacial score (nSPS) is 11.9. The van der Waals surface area contributed by atoms with Crippen LogP contribution in [0.5, 0.6) is 5.75 Å². The summed E-state index contributed by atoms with van der Waals surface area (Å²) < 4.78 is 7.82. The van der Waals surface area contributed by atoms with Crippen LogP contribution in [-0.2, 0) is 18.4 Å². The Kier molecular flexibility index (Phi) is 7.17. The van der Waals surface area contributed by atoms with Crippen LogP contribution in [0.15, 0.2) is 53.7 Å². The molecule has 1 N–H and O–H groups in total. The second-order valence-electron chi connectivity index (χ2n) is 6.62. The van der Waals surface area contributed by atoms with Gasteiger partial charge in [-0.05, 0) is 43.2 Å². The molecule has 29 heavy (non-hydrogen) atoms. The zero-order chi connectivity index (χ0) is 20.8. The van der Waals surface area contributed by atoms with Crippen molar-refractivity contribution in [1.29, 1.82) is 0 Å². The minimum Gasteiger partial charge on any atom is -0.483 e. The molecule has 0 bridgehead atoms. The number of halogens is 1. The van der Waals surface area contributed by atoms with Crippen LogP contribution in [0, 0.1) is 6.92 Å². The van der Waals surface area contributed by atoms with Crippen LogP contribution in [0.1, 0.15) is 30.0 Å². The van der Waals surface area contributed by atoms with Gasteiger partial charge >= 0.3 is 0 Å². The van der Waals surface area contributed by atoms with Crippen molar-refractivity contribution in [3.05, 3.63) is 70.5 Å². The number of amides is 1. The van der Waals surface area contributed by atoms with Gasteiger partial charge in [0.2, 0.25) is 5.91 Å². The fraction of sp³-hybridized carbons (Fsp3) is 0.286. The van der Waals surface area contributed by atoms with Crippen LogP contribution >= 0.6 is 23.4 Å². The highest BCUT2D eigenvalue weighted by atomic mass is 35.5. The van der Waals surface area contributed by atoms with Crippen molar-refractivity contribution < 1.29 is 9.53 Å². The zero-order valence-electron chi connectivity index (χ0n) is 16.6. The highest BCUT2D eigenvalue weighted by Gasteiger charge is 2.18. The molecule has 2 aromatic carbocycles. The van der Waals surface area contributed by atoms with E-state index in [-0.39, 0.29) is 17.8 Å². The van der Waals surface area contributed by atoms with Crippen LogP contribution in [0.4, 0.5) is 0 Å². The molecule has 0 radical (unpaired) electrons. The number of rotatable bonds is 8. The minimum atomic E-state index is -0.297. The largest absolute Gasteiger partial charge is 0.483 e. The van der Waals surface area contributed by atoms with Crippen molar-refractivity contribution in [2.45, 2.75) is 31.7 Å². The van der Waals surface area contributed by atoms with Gasteiger partial charge in [-0.25, -0.2) is 0 Å². The number of hydrogen-bond acceptors (Lipinski definition) is 5. The van der Waals surface area contributed by atoms with Crippen molar-refractivity contribution in [2.75, 3.05) is 5.75 Å². The monoisotopic (exact) mass is 430 g/mol. The molecule has 0 aliphatic rings. The van der Waals surface area contributed by atoms with Crippen molar-refractivity contribution >= 4 is 29.3 Å². The number of carbonyl (C=O) groups excluding carboxylic acids is 1. The number of ether oxygens (including phenoxy) is 1. The summed E-state index contributed by atoms with van der Waals surface area (Å²) in [7, 11) is 1.87. The van der Waals surface area contributed by atoms with Crippen molar-refractivity contribution in [2.24, 2.45) is 7.05 Å². The topological polar surface area (TPSA) is 69.0 Å². The number of aromatic nitrogens is 3. The molecule has 1 amide bonds. The van der Waals surface area contributed by atoms with Gasteiger partial charge in [0.05, 0.1) is 5.75 Å². The van der Waals surface area contributed by atoms with Gasteiger partial charge in [0.25, 0.3) is 0 Å². The number of nitrogens with one attached hydrogen (secondary N) is 1. The van der Waals surface area contributed by atoms with Gasteiger partial charge in [-0.1, -0.05) is 53.7 Å².